The molecule has 0 bridgehead atoms. The molecule has 1 N–H and O–H groups in total. The quantitative estimate of drug-likeness (QED) is 0.369. The Bertz CT molecular complexity index is 1520. The molecule has 0 unspecified atom stereocenters. The first-order chi connectivity index (χ1) is 16.5. The summed E-state index contributed by atoms with van der Waals surface area (Å²) in [4.78, 5) is 26.5. The molecule has 1 amide bonds. The van der Waals surface area contributed by atoms with Crippen molar-refractivity contribution < 1.29 is 14.0 Å². The summed E-state index contributed by atoms with van der Waals surface area (Å²) in [7, 11) is 0. The van der Waals surface area contributed by atoms with Crippen LogP contribution in [-0.2, 0) is 6.54 Å². The van der Waals surface area contributed by atoms with E-state index in [1.807, 2.05) is 50.2 Å². The molecule has 0 radical (unpaired) electrons. The zero-order chi connectivity index (χ0) is 23.7. The van der Waals surface area contributed by atoms with Crippen molar-refractivity contribution in [3.63, 3.8) is 0 Å². The number of fused-ring (bicyclic) bond motifs is 1. The fourth-order valence-electron chi connectivity index (χ4n) is 3.78. The van der Waals surface area contributed by atoms with Gasteiger partial charge < -0.3 is 9.73 Å². The molecule has 34 heavy (non-hydrogen) atoms. The maximum Gasteiger partial charge on any atom is 0.255 e. The van der Waals surface area contributed by atoms with Gasteiger partial charge in [-0.1, -0.05) is 54.1 Å². The van der Waals surface area contributed by atoms with E-state index in [0.29, 0.717) is 45.7 Å². The van der Waals surface area contributed by atoms with E-state index in [4.69, 9.17) is 4.42 Å². The van der Waals surface area contributed by atoms with Gasteiger partial charge >= 0.3 is 0 Å². The Morgan fingerprint density at radius 2 is 1.76 bits per heavy atom. The number of para-hydroxylation sites is 1. The summed E-state index contributed by atoms with van der Waals surface area (Å²) in [5, 5.41) is 15.3. The van der Waals surface area contributed by atoms with E-state index in [1.54, 1.807) is 41.1 Å². The van der Waals surface area contributed by atoms with Crippen LogP contribution in [0.15, 0.2) is 77.2 Å². The average molecular weight is 451 g/mol. The Labute approximate surface area is 195 Å². The summed E-state index contributed by atoms with van der Waals surface area (Å²) in [5.74, 6) is -0.0186. The highest BCUT2D eigenvalue weighted by molar-refractivity contribution is 6.19. The van der Waals surface area contributed by atoms with Crippen molar-refractivity contribution in [1.29, 1.82) is 0 Å². The number of anilines is 1. The molecule has 2 heterocycles. The number of aryl methyl sites for hydroxylation is 2. The summed E-state index contributed by atoms with van der Waals surface area (Å²) >= 11 is 0. The number of hydrogen-bond acceptors (Lipinski definition) is 6. The molecule has 0 aliphatic rings. The Morgan fingerprint density at radius 1 is 0.971 bits per heavy atom. The molecular weight excluding hydrogens is 430 g/mol. The fraction of sp³-hybridized carbons (Fsp3) is 0.115. The minimum atomic E-state index is -0.373. The third-order valence-electron chi connectivity index (χ3n) is 5.57. The lowest BCUT2D eigenvalue weighted by atomic mass is 10.0. The van der Waals surface area contributed by atoms with E-state index in [2.05, 4.69) is 20.8 Å². The SMILES string of the molecule is CCn1nnnc1-c1cccc(C(=O)Nc2c(C(=O)c3ccc(C)cc3)oc3ccccc23)c1. The van der Waals surface area contributed by atoms with E-state index < -0.39 is 0 Å². The summed E-state index contributed by atoms with van der Waals surface area (Å²) in [6.07, 6.45) is 0. The highest BCUT2D eigenvalue weighted by Crippen LogP contribution is 2.33. The van der Waals surface area contributed by atoms with Gasteiger partial charge in [0.05, 0.1) is 5.69 Å². The van der Waals surface area contributed by atoms with Crippen LogP contribution >= 0.6 is 0 Å². The standard InChI is InChI=1S/C26H21N5O3/c1-3-31-25(28-29-30-31)18-7-6-8-19(15-18)26(33)27-22-20-9-4-5-10-21(20)34-24(22)23(32)17-13-11-16(2)12-14-17/h4-15H,3H2,1-2H3,(H,27,33). The van der Waals surface area contributed by atoms with Crippen LogP contribution in [0.2, 0.25) is 0 Å². The molecule has 0 saturated carbocycles. The first-order valence-electron chi connectivity index (χ1n) is 10.9. The molecule has 2 aromatic heterocycles. The molecule has 3 aromatic carbocycles. The lowest BCUT2D eigenvalue weighted by Crippen LogP contribution is -2.14. The van der Waals surface area contributed by atoms with Gasteiger partial charge in [-0.05, 0) is 48.5 Å². The number of hydrogen-bond donors (Lipinski definition) is 1. The number of aromatic nitrogens is 4. The van der Waals surface area contributed by atoms with Gasteiger partial charge in [0, 0.05) is 28.6 Å². The van der Waals surface area contributed by atoms with Crippen molar-refractivity contribution in [1.82, 2.24) is 20.2 Å². The second-order valence-electron chi connectivity index (χ2n) is 7.85. The van der Waals surface area contributed by atoms with Crippen LogP contribution < -0.4 is 5.32 Å². The van der Waals surface area contributed by atoms with Crippen LogP contribution in [0, 0.1) is 6.92 Å². The number of benzene rings is 3. The second kappa shape index (κ2) is 8.74. The van der Waals surface area contributed by atoms with Crippen LogP contribution in [-0.4, -0.2) is 31.9 Å². The lowest BCUT2D eigenvalue weighted by Gasteiger charge is -2.08. The summed E-state index contributed by atoms with van der Waals surface area (Å²) in [6.45, 7) is 4.49. The smallest absolute Gasteiger partial charge is 0.255 e. The number of furan rings is 1. The van der Waals surface area contributed by atoms with Gasteiger partial charge in [-0.3, -0.25) is 9.59 Å². The van der Waals surface area contributed by atoms with Gasteiger partial charge in [0.15, 0.2) is 11.6 Å². The van der Waals surface area contributed by atoms with Crippen molar-refractivity contribution in [2.45, 2.75) is 20.4 Å². The largest absolute Gasteiger partial charge is 0.450 e. The van der Waals surface area contributed by atoms with Crippen molar-refractivity contribution in [3.05, 3.63) is 95.2 Å². The second-order valence-corrected chi connectivity index (χ2v) is 7.85. The molecule has 0 aliphatic carbocycles. The molecule has 0 saturated heterocycles. The van der Waals surface area contributed by atoms with Crippen molar-refractivity contribution in [3.8, 4) is 11.4 Å². The van der Waals surface area contributed by atoms with E-state index in [0.717, 1.165) is 5.56 Å². The van der Waals surface area contributed by atoms with Gasteiger partial charge in [-0.2, -0.15) is 0 Å². The first kappa shape index (κ1) is 21.3. The lowest BCUT2D eigenvalue weighted by molar-refractivity contribution is 0.101. The van der Waals surface area contributed by atoms with E-state index >= 15 is 0 Å². The van der Waals surface area contributed by atoms with Crippen molar-refractivity contribution >= 4 is 28.3 Å². The zero-order valence-electron chi connectivity index (χ0n) is 18.6. The number of amides is 1. The number of carbonyl (C=O) groups excluding carboxylic acids is 2. The van der Waals surface area contributed by atoms with Crippen molar-refractivity contribution in [2.24, 2.45) is 0 Å². The van der Waals surface area contributed by atoms with Crippen molar-refractivity contribution in [2.75, 3.05) is 5.32 Å². The van der Waals surface area contributed by atoms with Crippen LogP contribution in [0.5, 0.6) is 0 Å². The maximum atomic E-state index is 13.3. The number of nitrogens with one attached hydrogen (secondary N) is 1. The third kappa shape index (κ3) is 3.86. The molecule has 0 atom stereocenters. The van der Waals surface area contributed by atoms with E-state index in [-0.39, 0.29) is 17.5 Å². The van der Waals surface area contributed by atoms with E-state index in [1.165, 1.54) is 0 Å². The summed E-state index contributed by atoms with van der Waals surface area (Å²) < 4.78 is 7.55. The third-order valence-corrected chi connectivity index (χ3v) is 5.57. The maximum absolute atomic E-state index is 13.3. The fourth-order valence-corrected chi connectivity index (χ4v) is 3.78. The predicted octanol–water partition coefficient (Wildman–Crippen LogP) is 4.90. The van der Waals surface area contributed by atoms with Gasteiger partial charge in [0.1, 0.15) is 5.58 Å². The summed E-state index contributed by atoms with van der Waals surface area (Å²) in [5.41, 5.74) is 3.51. The molecular formula is C26H21N5O3. The number of nitrogens with zero attached hydrogens (tertiary/aromatic N) is 4. The topological polar surface area (TPSA) is 103 Å². The highest BCUT2D eigenvalue weighted by Gasteiger charge is 2.24. The molecule has 8 nitrogen and oxygen atoms in total. The van der Waals surface area contributed by atoms with Gasteiger partial charge in [-0.25, -0.2) is 4.68 Å². The minimum absolute atomic E-state index is 0.0875. The van der Waals surface area contributed by atoms with Gasteiger partial charge in [0.25, 0.3) is 5.91 Å². The van der Waals surface area contributed by atoms with Gasteiger partial charge in [-0.15, -0.1) is 5.10 Å². The molecule has 0 aliphatic heterocycles. The zero-order valence-corrected chi connectivity index (χ0v) is 18.6. The molecule has 5 aromatic rings. The predicted molar refractivity (Wildman–Crippen MR) is 128 cm³/mol. The van der Waals surface area contributed by atoms with Crippen LogP contribution in [0.4, 0.5) is 5.69 Å². The molecule has 5 rings (SSSR count). The molecule has 0 fully saturated rings. The van der Waals surface area contributed by atoms with E-state index in [9.17, 15) is 9.59 Å². The number of rotatable bonds is 6. The van der Waals surface area contributed by atoms with Crippen LogP contribution in [0.25, 0.3) is 22.4 Å². The summed E-state index contributed by atoms with van der Waals surface area (Å²) in [6, 6.07) is 21.5. The number of ketones is 1. The highest BCUT2D eigenvalue weighted by atomic mass is 16.3. The van der Waals surface area contributed by atoms with Crippen LogP contribution in [0.1, 0.15) is 39.0 Å². The van der Waals surface area contributed by atoms with Crippen LogP contribution in [0.3, 0.4) is 0 Å². The molecule has 8 heteroatoms. The average Bonchev–Trinajstić information content (AvgIpc) is 3.49. The monoisotopic (exact) mass is 451 g/mol. The molecule has 0 spiro atoms. The minimum Gasteiger partial charge on any atom is -0.450 e. The number of tetrazole rings is 1. The van der Waals surface area contributed by atoms with Gasteiger partial charge in [0.2, 0.25) is 5.78 Å². The molecule has 168 valence electrons. The number of carbonyl (C=O) groups is 2. The Balaban J connectivity index is 1.52. The Hall–Kier alpha value is -4.59. The Kier molecular flexibility index (Phi) is 5.47. The first-order valence-corrected chi connectivity index (χ1v) is 10.9. The Morgan fingerprint density at radius 3 is 2.56 bits per heavy atom. The normalized spacial score (nSPS) is 11.0.